The van der Waals surface area contributed by atoms with Crippen molar-refractivity contribution in [2.75, 3.05) is 5.32 Å². The van der Waals surface area contributed by atoms with E-state index in [-0.39, 0.29) is 23.8 Å². The maximum Gasteiger partial charge on any atom is 0.271 e. The first kappa shape index (κ1) is 16.9. The monoisotopic (exact) mass is 356 g/mol. The number of aromatic nitrogens is 2. The van der Waals surface area contributed by atoms with Gasteiger partial charge in [0, 0.05) is 11.6 Å². The Labute approximate surface area is 148 Å². The molecule has 0 fully saturated rings. The Morgan fingerprint density at radius 3 is 2.52 bits per heavy atom. The number of anilines is 2. The molecule has 126 valence electrons. The maximum atomic E-state index is 13.6. The Morgan fingerprint density at radius 1 is 1.04 bits per heavy atom. The average Bonchev–Trinajstić information content (AvgIpc) is 2.63. The largest absolute Gasteiger partial charge is 0.347 e. The summed E-state index contributed by atoms with van der Waals surface area (Å²) in [6.45, 7) is 0.287. The van der Waals surface area contributed by atoms with Crippen molar-refractivity contribution in [1.29, 1.82) is 0 Å². The van der Waals surface area contributed by atoms with Crippen LogP contribution in [0, 0.1) is 5.82 Å². The number of nitrogens with one attached hydrogen (secondary N) is 2. The Bertz CT molecular complexity index is 886. The fourth-order valence-corrected chi connectivity index (χ4v) is 2.32. The third-order valence-electron chi connectivity index (χ3n) is 3.42. The minimum Gasteiger partial charge on any atom is -0.347 e. The van der Waals surface area contributed by atoms with E-state index in [1.54, 1.807) is 24.3 Å². The van der Waals surface area contributed by atoms with E-state index >= 15 is 0 Å². The zero-order valence-corrected chi connectivity index (χ0v) is 13.8. The summed E-state index contributed by atoms with van der Waals surface area (Å²) in [5.41, 5.74) is 1.25. The molecular weight excluding hydrogens is 343 g/mol. The first-order valence-electron chi connectivity index (χ1n) is 7.48. The molecule has 1 amide bonds. The molecule has 7 heteroatoms. The second kappa shape index (κ2) is 7.72. The van der Waals surface area contributed by atoms with Gasteiger partial charge in [-0.05, 0) is 23.8 Å². The zero-order chi connectivity index (χ0) is 17.6. The molecule has 0 aliphatic heterocycles. The van der Waals surface area contributed by atoms with Crippen molar-refractivity contribution >= 4 is 29.0 Å². The maximum absolute atomic E-state index is 13.6. The van der Waals surface area contributed by atoms with E-state index in [2.05, 4.69) is 20.6 Å². The highest BCUT2D eigenvalue weighted by Crippen LogP contribution is 2.17. The van der Waals surface area contributed by atoms with E-state index < -0.39 is 5.82 Å². The van der Waals surface area contributed by atoms with Gasteiger partial charge in [-0.1, -0.05) is 41.9 Å². The molecule has 0 unspecified atom stereocenters. The van der Waals surface area contributed by atoms with Crippen LogP contribution in [0.3, 0.4) is 0 Å². The minimum atomic E-state index is -0.397. The molecule has 1 aromatic heterocycles. The first-order valence-corrected chi connectivity index (χ1v) is 7.86. The molecule has 2 aromatic carbocycles. The SMILES string of the molecule is O=C(NCc1ccccc1Cl)c1cnc(Nc2ccccc2F)cn1. The number of para-hydroxylation sites is 1. The Morgan fingerprint density at radius 2 is 1.80 bits per heavy atom. The second-order valence-electron chi connectivity index (χ2n) is 5.17. The van der Waals surface area contributed by atoms with Gasteiger partial charge in [0.15, 0.2) is 0 Å². The van der Waals surface area contributed by atoms with Crippen LogP contribution < -0.4 is 10.6 Å². The number of halogens is 2. The summed E-state index contributed by atoms with van der Waals surface area (Å²) in [5, 5.41) is 6.12. The molecular formula is C18H14ClFN4O. The van der Waals surface area contributed by atoms with E-state index in [1.165, 1.54) is 18.5 Å². The molecule has 0 saturated heterocycles. The van der Waals surface area contributed by atoms with Gasteiger partial charge in [0.05, 0.1) is 18.1 Å². The first-order chi connectivity index (χ1) is 12.1. The number of benzene rings is 2. The lowest BCUT2D eigenvalue weighted by Crippen LogP contribution is -2.24. The molecule has 0 radical (unpaired) electrons. The van der Waals surface area contributed by atoms with E-state index in [1.807, 2.05) is 18.2 Å². The summed E-state index contributed by atoms with van der Waals surface area (Å²) < 4.78 is 13.6. The number of carbonyl (C=O) groups excluding carboxylic acids is 1. The van der Waals surface area contributed by atoms with Crippen molar-refractivity contribution in [3.8, 4) is 0 Å². The van der Waals surface area contributed by atoms with E-state index in [0.717, 1.165) is 5.56 Å². The molecule has 3 rings (SSSR count). The van der Waals surface area contributed by atoms with Gasteiger partial charge >= 0.3 is 0 Å². The smallest absolute Gasteiger partial charge is 0.271 e. The molecule has 5 nitrogen and oxygen atoms in total. The van der Waals surface area contributed by atoms with Crippen LogP contribution in [-0.4, -0.2) is 15.9 Å². The van der Waals surface area contributed by atoms with Gasteiger partial charge < -0.3 is 10.6 Å². The van der Waals surface area contributed by atoms with Crippen LogP contribution in [0.15, 0.2) is 60.9 Å². The number of rotatable bonds is 5. The number of hydrogen-bond acceptors (Lipinski definition) is 4. The number of nitrogens with zero attached hydrogens (tertiary/aromatic N) is 2. The average molecular weight is 357 g/mol. The van der Waals surface area contributed by atoms with E-state index in [4.69, 9.17) is 11.6 Å². The van der Waals surface area contributed by atoms with Crippen LogP contribution in [0.25, 0.3) is 0 Å². The lowest BCUT2D eigenvalue weighted by Gasteiger charge is -2.08. The topological polar surface area (TPSA) is 66.9 Å². The van der Waals surface area contributed by atoms with Crippen LogP contribution in [0.4, 0.5) is 15.9 Å². The summed E-state index contributed by atoms with van der Waals surface area (Å²) in [6.07, 6.45) is 2.70. The Hall–Kier alpha value is -2.99. The van der Waals surface area contributed by atoms with Gasteiger partial charge in [0.25, 0.3) is 5.91 Å². The summed E-state index contributed by atoms with van der Waals surface area (Å²) in [4.78, 5) is 20.2. The van der Waals surface area contributed by atoms with Gasteiger partial charge in [0.2, 0.25) is 0 Å². The fourth-order valence-electron chi connectivity index (χ4n) is 2.12. The highest BCUT2D eigenvalue weighted by atomic mass is 35.5. The standard InChI is InChI=1S/C18H14ClFN4O/c19-13-6-2-1-5-12(13)9-23-18(25)16-10-22-17(11-21-16)24-15-8-4-3-7-14(15)20/h1-8,10-11H,9H2,(H,22,24)(H,23,25). The van der Waals surface area contributed by atoms with Crippen LogP contribution in [-0.2, 0) is 6.54 Å². The summed E-state index contributed by atoms with van der Waals surface area (Å²) in [5.74, 6) is -0.427. The van der Waals surface area contributed by atoms with Gasteiger partial charge in [-0.2, -0.15) is 0 Å². The van der Waals surface area contributed by atoms with E-state index in [9.17, 15) is 9.18 Å². The second-order valence-corrected chi connectivity index (χ2v) is 5.57. The fraction of sp³-hybridized carbons (Fsp3) is 0.0556. The molecule has 0 aliphatic rings. The number of hydrogen-bond donors (Lipinski definition) is 2. The highest BCUT2D eigenvalue weighted by molar-refractivity contribution is 6.31. The zero-order valence-electron chi connectivity index (χ0n) is 13.0. The summed E-state index contributed by atoms with van der Waals surface area (Å²) in [7, 11) is 0. The van der Waals surface area contributed by atoms with Crippen molar-refractivity contribution in [3.05, 3.63) is 83.0 Å². The number of amides is 1. The molecule has 3 aromatic rings. The van der Waals surface area contributed by atoms with Crippen LogP contribution in [0.5, 0.6) is 0 Å². The third kappa shape index (κ3) is 4.30. The van der Waals surface area contributed by atoms with E-state index in [0.29, 0.717) is 10.8 Å². The molecule has 0 aliphatic carbocycles. The number of carbonyl (C=O) groups is 1. The predicted octanol–water partition coefficient (Wildman–Crippen LogP) is 3.94. The third-order valence-corrected chi connectivity index (χ3v) is 3.79. The minimum absolute atomic E-state index is 0.158. The molecule has 0 bridgehead atoms. The van der Waals surface area contributed by atoms with Crippen molar-refractivity contribution < 1.29 is 9.18 Å². The highest BCUT2D eigenvalue weighted by Gasteiger charge is 2.09. The molecule has 0 saturated carbocycles. The molecule has 25 heavy (non-hydrogen) atoms. The van der Waals surface area contributed by atoms with Crippen molar-refractivity contribution in [3.63, 3.8) is 0 Å². The molecule has 2 N–H and O–H groups in total. The van der Waals surface area contributed by atoms with Gasteiger partial charge in [0.1, 0.15) is 17.3 Å². The molecule has 1 heterocycles. The predicted molar refractivity (Wildman–Crippen MR) is 94.3 cm³/mol. The van der Waals surface area contributed by atoms with Crippen LogP contribution in [0.2, 0.25) is 5.02 Å². The summed E-state index contributed by atoms with van der Waals surface area (Å²) in [6, 6.07) is 13.5. The quantitative estimate of drug-likeness (QED) is 0.726. The van der Waals surface area contributed by atoms with Gasteiger partial charge in [-0.3, -0.25) is 4.79 Å². The lowest BCUT2D eigenvalue weighted by atomic mass is 10.2. The molecule has 0 atom stereocenters. The normalized spacial score (nSPS) is 10.3. The van der Waals surface area contributed by atoms with Crippen LogP contribution >= 0.6 is 11.6 Å². The Balaban J connectivity index is 1.63. The molecule has 0 spiro atoms. The van der Waals surface area contributed by atoms with Crippen molar-refractivity contribution in [1.82, 2.24) is 15.3 Å². The Kier molecular flexibility index (Phi) is 5.20. The van der Waals surface area contributed by atoms with Gasteiger partial charge in [-0.15, -0.1) is 0 Å². The lowest BCUT2D eigenvalue weighted by molar-refractivity contribution is 0.0945. The van der Waals surface area contributed by atoms with Gasteiger partial charge in [-0.25, -0.2) is 14.4 Å². The van der Waals surface area contributed by atoms with Crippen molar-refractivity contribution in [2.45, 2.75) is 6.54 Å². The van der Waals surface area contributed by atoms with Crippen LogP contribution in [0.1, 0.15) is 16.1 Å². The summed E-state index contributed by atoms with van der Waals surface area (Å²) >= 11 is 6.05. The van der Waals surface area contributed by atoms with Crippen molar-refractivity contribution in [2.24, 2.45) is 0 Å².